The van der Waals surface area contributed by atoms with Crippen molar-refractivity contribution in [3.63, 3.8) is 0 Å². The molecule has 118 valence electrons. The van der Waals surface area contributed by atoms with E-state index in [4.69, 9.17) is 0 Å². The molecule has 2 aromatic heterocycles. The summed E-state index contributed by atoms with van der Waals surface area (Å²) in [7, 11) is 1.27. The molecule has 0 bridgehead atoms. The Morgan fingerprint density at radius 1 is 1.26 bits per heavy atom. The van der Waals surface area contributed by atoms with Gasteiger partial charge in [0.25, 0.3) is 5.56 Å². The molecule has 1 atom stereocenters. The van der Waals surface area contributed by atoms with E-state index < -0.39 is 17.6 Å². The minimum Gasteiger partial charge on any atom is -0.467 e. The van der Waals surface area contributed by atoms with Crippen LogP contribution in [-0.4, -0.2) is 37.6 Å². The van der Waals surface area contributed by atoms with E-state index in [-0.39, 0.29) is 5.52 Å². The van der Waals surface area contributed by atoms with Gasteiger partial charge in [0, 0.05) is 0 Å². The summed E-state index contributed by atoms with van der Waals surface area (Å²) in [5, 5.41) is 7.91. The topological polar surface area (TPSA) is 91.9 Å². The van der Waals surface area contributed by atoms with Crippen LogP contribution in [0.4, 0.5) is 0 Å². The van der Waals surface area contributed by atoms with Gasteiger partial charge in [0.05, 0.1) is 12.8 Å². The van der Waals surface area contributed by atoms with Gasteiger partial charge in [-0.1, -0.05) is 22.9 Å². The first-order chi connectivity index (χ1) is 11.0. The molecule has 0 spiro atoms. The van der Waals surface area contributed by atoms with Crippen LogP contribution in [0.15, 0.2) is 35.4 Å². The maximum absolute atomic E-state index is 12.5. The van der Waals surface area contributed by atoms with E-state index >= 15 is 0 Å². The Labute approximate surface area is 131 Å². The summed E-state index contributed by atoms with van der Waals surface area (Å²) in [6.45, 7) is 3.54. The zero-order valence-electron chi connectivity index (χ0n) is 12.9. The van der Waals surface area contributed by atoms with Gasteiger partial charge in [-0.25, -0.2) is 9.78 Å². The average Bonchev–Trinajstić information content (AvgIpc) is 2.99. The Morgan fingerprint density at radius 3 is 2.61 bits per heavy atom. The summed E-state index contributed by atoms with van der Waals surface area (Å²) >= 11 is 0. The van der Waals surface area contributed by atoms with Gasteiger partial charge in [-0.2, -0.15) is 4.68 Å². The quantitative estimate of drug-likeness (QED) is 0.670. The Kier molecular flexibility index (Phi) is 3.65. The number of methoxy groups -OCH3 is 1. The van der Waals surface area contributed by atoms with E-state index in [0.29, 0.717) is 5.65 Å². The predicted molar refractivity (Wildman–Crippen MR) is 82.4 cm³/mol. The van der Waals surface area contributed by atoms with Crippen molar-refractivity contribution in [1.29, 1.82) is 0 Å². The number of esters is 1. The number of ether oxygens (including phenoxy) is 1. The Morgan fingerprint density at radius 2 is 1.96 bits per heavy atom. The van der Waals surface area contributed by atoms with Crippen LogP contribution in [-0.2, 0) is 9.53 Å². The van der Waals surface area contributed by atoms with Gasteiger partial charge in [-0.3, -0.25) is 9.36 Å². The highest BCUT2D eigenvalue weighted by Gasteiger charge is 2.20. The highest BCUT2D eigenvalue weighted by atomic mass is 16.5. The Hall–Kier alpha value is -3.03. The summed E-state index contributed by atoms with van der Waals surface area (Å²) < 4.78 is 7.32. The molecule has 0 unspecified atom stereocenters. The fourth-order valence-electron chi connectivity index (χ4n) is 2.24. The minimum absolute atomic E-state index is 0.101. The second-order valence-electron chi connectivity index (χ2n) is 5.17. The molecule has 2 heterocycles. The molecule has 0 aliphatic carbocycles. The number of hydrogen-bond donors (Lipinski definition) is 0. The maximum Gasteiger partial charge on any atom is 0.328 e. The van der Waals surface area contributed by atoms with Gasteiger partial charge in [0.1, 0.15) is 12.4 Å². The van der Waals surface area contributed by atoms with Crippen molar-refractivity contribution in [2.24, 2.45) is 0 Å². The highest BCUT2D eigenvalue weighted by Crippen LogP contribution is 2.13. The van der Waals surface area contributed by atoms with Crippen LogP contribution in [0.3, 0.4) is 0 Å². The van der Waals surface area contributed by atoms with Crippen LogP contribution < -0.4 is 5.56 Å². The van der Waals surface area contributed by atoms with Gasteiger partial charge in [0.2, 0.25) is 0 Å². The van der Waals surface area contributed by atoms with E-state index in [1.54, 1.807) is 6.92 Å². The van der Waals surface area contributed by atoms with Crippen molar-refractivity contribution < 1.29 is 9.53 Å². The number of carbonyl (C=O) groups excluding carboxylic acids is 1. The first kappa shape index (κ1) is 14.9. The molecular weight excluding hydrogens is 298 g/mol. The summed E-state index contributed by atoms with van der Waals surface area (Å²) in [5.74, 6) is -0.529. The van der Waals surface area contributed by atoms with Crippen LogP contribution in [0.25, 0.3) is 16.9 Å². The monoisotopic (exact) mass is 313 g/mol. The SMILES string of the molecule is COC(=O)[C@@H](C)n1cnc2c(nnn2-c2ccc(C)cc2)c1=O. The lowest BCUT2D eigenvalue weighted by molar-refractivity contribution is -0.144. The van der Waals surface area contributed by atoms with Crippen molar-refractivity contribution in [2.75, 3.05) is 7.11 Å². The third-order valence-corrected chi connectivity index (χ3v) is 3.63. The third-order valence-electron chi connectivity index (χ3n) is 3.63. The lowest BCUT2D eigenvalue weighted by atomic mass is 10.2. The zero-order chi connectivity index (χ0) is 16.6. The van der Waals surface area contributed by atoms with Crippen molar-refractivity contribution in [1.82, 2.24) is 24.5 Å². The second kappa shape index (κ2) is 5.64. The van der Waals surface area contributed by atoms with E-state index in [1.165, 1.54) is 22.7 Å². The van der Waals surface area contributed by atoms with Gasteiger partial charge in [-0.05, 0) is 26.0 Å². The van der Waals surface area contributed by atoms with E-state index in [0.717, 1.165) is 11.3 Å². The molecule has 0 saturated heterocycles. The second-order valence-corrected chi connectivity index (χ2v) is 5.17. The van der Waals surface area contributed by atoms with Crippen molar-refractivity contribution in [3.05, 3.63) is 46.5 Å². The molecule has 3 rings (SSSR count). The number of fused-ring (bicyclic) bond motifs is 1. The van der Waals surface area contributed by atoms with E-state index in [9.17, 15) is 9.59 Å². The number of aromatic nitrogens is 5. The first-order valence-corrected chi connectivity index (χ1v) is 7.00. The minimum atomic E-state index is -0.783. The largest absolute Gasteiger partial charge is 0.467 e. The van der Waals surface area contributed by atoms with Crippen molar-refractivity contribution in [3.8, 4) is 5.69 Å². The molecule has 3 aromatic rings. The lowest BCUT2D eigenvalue weighted by Gasteiger charge is -2.11. The molecular formula is C15H15N5O3. The van der Waals surface area contributed by atoms with Crippen LogP contribution in [0, 0.1) is 6.92 Å². The van der Waals surface area contributed by atoms with Gasteiger partial charge in [0.15, 0.2) is 11.2 Å². The molecule has 8 heteroatoms. The third kappa shape index (κ3) is 2.48. The number of nitrogens with zero attached hydrogens (tertiary/aromatic N) is 5. The number of benzene rings is 1. The molecule has 0 amide bonds. The van der Waals surface area contributed by atoms with Crippen LogP contribution >= 0.6 is 0 Å². The summed E-state index contributed by atoms with van der Waals surface area (Å²) in [6.07, 6.45) is 1.31. The van der Waals surface area contributed by atoms with Gasteiger partial charge in [-0.15, -0.1) is 5.10 Å². The molecule has 0 N–H and O–H groups in total. The molecule has 0 saturated carbocycles. The molecule has 0 radical (unpaired) electrons. The van der Waals surface area contributed by atoms with Crippen LogP contribution in [0.5, 0.6) is 0 Å². The molecule has 0 aliphatic rings. The average molecular weight is 313 g/mol. The van der Waals surface area contributed by atoms with Crippen LogP contribution in [0.1, 0.15) is 18.5 Å². The van der Waals surface area contributed by atoms with Gasteiger partial charge >= 0.3 is 5.97 Å². The fraction of sp³-hybridized carbons (Fsp3) is 0.267. The maximum atomic E-state index is 12.5. The molecule has 8 nitrogen and oxygen atoms in total. The first-order valence-electron chi connectivity index (χ1n) is 7.00. The predicted octanol–water partition coefficient (Wildman–Crippen LogP) is 1.02. The van der Waals surface area contributed by atoms with E-state index in [2.05, 4.69) is 20.0 Å². The standard InChI is InChI=1S/C15H15N5O3/c1-9-4-6-11(7-5-9)20-13-12(17-18-20)14(21)19(8-16-13)10(2)15(22)23-3/h4-8,10H,1-3H3/t10-/m1/s1. The van der Waals surface area contributed by atoms with Crippen molar-refractivity contribution in [2.45, 2.75) is 19.9 Å². The fourth-order valence-corrected chi connectivity index (χ4v) is 2.24. The Balaban J connectivity index is 2.13. The molecule has 23 heavy (non-hydrogen) atoms. The number of hydrogen-bond acceptors (Lipinski definition) is 6. The number of aryl methyl sites for hydroxylation is 1. The molecule has 0 aliphatic heterocycles. The highest BCUT2D eigenvalue weighted by molar-refractivity contribution is 5.75. The van der Waals surface area contributed by atoms with Crippen LogP contribution in [0.2, 0.25) is 0 Å². The summed E-state index contributed by atoms with van der Waals surface area (Å²) in [4.78, 5) is 28.3. The normalized spacial score (nSPS) is 12.3. The lowest BCUT2D eigenvalue weighted by Crippen LogP contribution is -2.29. The molecule has 0 fully saturated rings. The Bertz CT molecular complexity index is 926. The van der Waals surface area contributed by atoms with Crippen molar-refractivity contribution >= 4 is 17.1 Å². The van der Waals surface area contributed by atoms with E-state index in [1.807, 2.05) is 31.2 Å². The summed E-state index contributed by atoms with van der Waals surface area (Å²) in [5.41, 5.74) is 1.87. The smallest absolute Gasteiger partial charge is 0.328 e. The zero-order valence-corrected chi connectivity index (χ0v) is 12.9. The summed E-state index contributed by atoms with van der Waals surface area (Å²) in [6, 6.07) is 6.82. The molecule has 1 aromatic carbocycles. The van der Waals surface area contributed by atoms with Gasteiger partial charge < -0.3 is 4.74 Å². The number of carbonyl (C=O) groups is 1. The number of rotatable bonds is 3.